The maximum absolute atomic E-state index is 12.8. The molecular formula is C62H112O6. The minimum Gasteiger partial charge on any atom is -0.462 e. The summed E-state index contributed by atoms with van der Waals surface area (Å²) in [6.45, 7) is 6.60. The van der Waals surface area contributed by atoms with Gasteiger partial charge in [0.25, 0.3) is 0 Å². The Morgan fingerprint density at radius 3 is 0.853 bits per heavy atom. The van der Waals surface area contributed by atoms with Gasteiger partial charge in [0.2, 0.25) is 0 Å². The van der Waals surface area contributed by atoms with Crippen LogP contribution >= 0.6 is 0 Å². The predicted octanol–water partition coefficient (Wildman–Crippen LogP) is 19.8. The molecule has 0 spiro atoms. The summed E-state index contributed by atoms with van der Waals surface area (Å²) in [5.41, 5.74) is 0. The minimum atomic E-state index is -0.777. The Balaban J connectivity index is 4.22. The molecule has 0 fully saturated rings. The zero-order valence-corrected chi connectivity index (χ0v) is 45.4. The molecule has 1 unspecified atom stereocenters. The zero-order chi connectivity index (χ0) is 49.3. The van der Waals surface area contributed by atoms with Gasteiger partial charge < -0.3 is 14.2 Å². The fourth-order valence-corrected chi connectivity index (χ4v) is 8.55. The van der Waals surface area contributed by atoms with Gasteiger partial charge in [0.05, 0.1) is 0 Å². The van der Waals surface area contributed by atoms with Gasteiger partial charge in [-0.1, -0.05) is 262 Å². The Morgan fingerprint density at radius 1 is 0.294 bits per heavy atom. The van der Waals surface area contributed by atoms with Crippen LogP contribution in [0.2, 0.25) is 0 Å². The molecular weight excluding hydrogens is 841 g/mol. The van der Waals surface area contributed by atoms with Gasteiger partial charge in [-0.15, -0.1) is 0 Å². The molecule has 0 aromatic rings. The van der Waals surface area contributed by atoms with Crippen molar-refractivity contribution in [1.29, 1.82) is 0 Å². The fraction of sp³-hybridized carbons (Fsp3) is 0.823. The van der Waals surface area contributed by atoms with E-state index in [2.05, 4.69) is 69.4 Å². The third-order valence-corrected chi connectivity index (χ3v) is 13.1. The van der Waals surface area contributed by atoms with E-state index in [9.17, 15) is 14.4 Å². The van der Waals surface area contributed by atoms with Crippen molar-refractivity contribution in [3.63, 3.8) is 0 Å². The Kier molecular flexibility index (Phi) is 54.8. The van der Waals surface area contributed by atoms with Crippen LogP contribution in [0.3, 0.4) is 0 Å². The molecule has 0 saturated heterocycles. The highest BCUT2D eigenvalue weighted by Crippen LogP contribution is 2.16. The smallest absolute Gasteiger partial charge is 0.306 e. The lowest BCUT2D eigenvalue weighted by atomic mass is 10.0. The first kappa shape index (κ1) is 65.4. The van der Waals surface area contributed by atoms with Gasteiger partial charge >= 0.3 is 17.9 Å². The number of ether oxygens (including phenoxy) is 3. The molecule has 0 amide bonds. The summed E-state index contributed by atoms with van der Waals surface area (Å²) >= 11 is 0. The van der Waals surface area contributed by atoms with Crippen LogP contribution in [0.1, 0.15) is 310 Å². The molecule has 0 rings (SSSR count). The highest BCUT2D eigenvalue weighted by atomic mass is 16.6. The first-order chi connectivity index (χ1) is 33.5. The average Bonchev–Trinajstić information content (AvgIpc) is 3.34. The SMILES string of the molecule is CCCC/C=C\C/C=C\CCCCCCCC(=O)OC(COC(=O)CCCCCCCCCCCCC)COC(=O)CCCCCCCCCCCCCCC/C=C\C/C=C\CCCCCCC. The summed E-state index contributed by atoms with van der Waals surface area (Å²) in [7, 11) is 0. The van der Waals surface area contributed by atoms with E-state index in [4.69, 9.17) is 14.2 Å². The second-order valence-electron chi connectivity index (χ2n) is 19.9. The molecule has 68 heavy (non-hydrogen) atoms. The molecule has 6 heteroatoms. The topological polar surface area (TPSA) is 78.9 Å². The molecule has 396 valence electrons. The molecule has 0 radical (unpaired) electrons. The van der Waals surface area contributed by atoms with Crippen molar-refractivity contribution < 1.29 is 28.6 Å². The molecule has 0 bridgehead atoms. The molecule has 0 aliphatic rings. The van der Waals surface area contributed by atoms with E-state index in [0.717, 1.165) is 89.9 Å². The van der Waals surface area contributed by atoms with E-state index in [-0.39, 0.29) is 31.1 Å². The highest BCUT2D eigenvalue weighted by Gasteiger charge is 2.19. The van der Waals surface area contributed by atoms with Gasteiger partial charge in [-0.25, -0.2) is 0 Å². The van der Waals surface area contributed by atoms with E-state index in [1.807, 2.05) is 0 Å². The van der Waals surface area contributed by atoms with Crippen molar-refractivity contribution in [2.75, 3.05) is 13.2 Å². The van der Waals surface area contributed by atoms with Gasteiger partial charge in [-0.3, -0.25) is 14.4 Å². The second-order valence-corrected chi connectivity index (χ2v) is 19.9. The van der Waals surface area contributed by atoms with Gasteiger partial charge in [0.15, 0.2) is 6.10 Å². The molecule has 0 aliphatic carbocycles. The number of esters is 3. The molecule has 0 aromatic carbocycles. The van der Waals surface area contributed by atoms with Gasteiger partial charge in [0, 0.05) is 19.3 Å². The number of rotatable bonds is 54. The van der Waals surface area contributed by atoms with E-state index in [0.29, 0.717) is 19.3 Å². The number of hydrogen-bond acceptors (Lipinski definition) is 6. The number of carbonyl (C=O) groups excluding carboxylic acids is 3. The van der Waals surface area contributed by atoms with E-state index in [1.54, 1.807) is 0 Å². The molecule has 0 aliphatic heterocycles. The highest BCUT2D eigenvalue weighted by molar-refractivity contribution is 5.71. The second kappa shape index (κ2) is 57.0. The van der Waals surface area contributed by atoms with Crippen LogP contribution in [0.25, 0.3) is 0 Å². The van der Waals surface area contributed by atoms with E-state index >= 15 is 0 Å². The molecule has 1 atom stereocenters. The standard InChI is InChI=1S/C62H112O6/c1-4-7-10-13-16-19-22-24-26-27-28-29-30-31-32-33-34-35-36-38-40-43-46-49-52-55-61(64)67-58-59(57-66-60(63)54-51-48-45-42-39-21-18-15-12-9-6-3)68-62(65)56-53-50-47-44-41-37-25-23-20-17-14-11-8-5-2/h14,17,22-25,27-28,59H,4-13,15-16,18-21,26,29-58H2,1-3H3/b17-14-,24-22-,25-23-,28-27-. The molecule has 0 aromatic heterocycles. The van der Waals surface area contributed by atoms with Gasteiger partial charge in [0.1, 0.15) is 13.2 Å². The largest absolute Gasteiger partial charge is 0.462 e. The lowest BCUT2D eigenvalue weighted by Crippen LogP contribution is -2.30. The Hall–Kier alpha value is -2.63. The number of hydrogen-bond donors (Lipinski definition) is 0. The molecule has 0 N–H and O–H groups in total. The number of carbonyl (C=O) groups is 3. The van der Waals surface area contributed by atoms with Gasteiger partial charge in [-0.2, -0.15) is 0 Å². The molecule has 0 heterocycles. The van der Waals surface area contributed by atoms with Crippen molar-refractivity contribution in [1.82, 2.24) is 0 Å². The summed E-state index contributed by atoms with van der Waals surface area (Å²) in [6, 6.07) is 0. The molecule has 6 nitrogen and oxygen atoms in total. The third-order valence-electron chi connectivity index (χ3n) is 13.1. The third kappa shape index (κ3) is 54.3. The minimum absolute atomic E-state index is 0.0758. The van der Waals surface area contributed by atoms with Crippen molar-refractivity contribution in [2.24, 2.45) is 0 Å². The first-order valence-electron chi connectivity index (χ1n) is 29.6. The van der Waals surface area contributed by atoms with Crippen molar-refractivity contribution in [2.45, 2.75) is 316 Å². The van der Waals surface area contributed by atoms with Crippen LogP contribution in [-0.2, 0) is 28.6 Å². The first-order valence-corrected chi connectivity index (χ1v) is 29.6. The van der Waals surface area contributed by atoms with Crippen LogP contribution in [0.15, 0.2) is 48.6 Å². The summed E-state index contributed by atoms with van der Waals surface area (Å²) in [4.78, 5) is 38.1. The summed E-state index contributed by atoms with van der Waals surface area (Å²) in [6.07, 6.45) is 69.7. The summed E-state index contributed by atoms with van der Waals surface area (Å²) < 4.78 is 16.8. The van der Waals surface area contributed by atoms with Crippen molar-refractivity contribution >= 4 is 17.9 Å². The van der Waals surface area contributed by atoms with Crippen LogP contribution in [0, 0.1) is 0 Å². The van der Waals surface area contributed by atoms with Crippen LogP contribution in [-0.4, -0.2) is 37.2 Å². The van der Waals surface area contributed by atoms with Gasteiger partial charge in [-0.05, 0) is 77.0 Å². The van der Waals surface area contributed by atoms with Crippen LogP contribution in [0.4, 0.5) is 0 Å². The normalized spacial score (nSPS) is 12.3. The van der Waals surface area contributed by atoms with E-state index < -0.39 is 6.10 Å². The zero-order valence-electron chi connectivity index (χ0n) is 45.4. The van der Waals surface area contributed by atoms with Crippen molar-refractivity contribution in [3.8, 4) is 0 Å². The average molecular weight is 954 g/mol. The van der Waals surface area contributed by atoms with Crippen molar-refractivity contribution in [3.05, 3.63) is 48.6 Å². The van der Waals surface area contributed by atoms with E-state index in [1.165, 1.54) is 180 Å². The monoisotopic (exact) mass is 953 g/mol. The molecule has 0 saturated carbocycles. The van der Waals surface area contributed by atoms with Crippen LogP contribution in [0.5, 0.6) is 0 Å². The predicted molar refractivity (Wildman–Crippen MR) is 293 cm³/mol. The summed E-state index contributed by atoms with van der Waals surface area (Å²) in [5.74, 6) is -0.878. The maximum Gasteiger partial charge on any atom is 0.306 e. The lowest BCUT2D eigenvalue weighted by Gasteiger charge is -2.18. The van der Waals surface area contributed by atoms with Crippen LogP contribution < -0.4 is 0 Å². The lowest BCUT2D eigenvalue weighted by molar-refractivity contribution is -0.167. The Morgan fingerprint density at radius 2 is 0.544 bits per heavy atom. The number of unbranched alkanes of at least 4 members (excludes halogenated alkanes) is 35. The summed E-state index contributed by atoms with van der Waals surface area (Å²) in [5, 5.41) is 0. The Labute approximate surface area is 422 Å². The fourth-order valence-electron chi connectivity index (χ4n) is 8.55. The Bertz CT molecular complexity index is 1190. The maximum atomic E-state index is 12.8. The quantitative estimate of drug-likeness (QED) is 0.0262. The number of allylic oxidation sites excluding steroid dienone is 8.